The molecule has 7 heteroatoms. The highest BCUT2D eigenvalue weighted by atomic mass is 35.5. The average molecular weight is 395 g/mol. The summed E-state index contributed by atoms with van der Waals surface area (Å²) in [6, 6.07) is 11.9. The van der Waals surface area contributed by atoms with Gasteiger partial charge in [0.15, 0.2) is 4.80 Å². The van der Waals surface area contributed by atoms with Crippen molar-refractivity contribution in [2.24, 2.45) is 4.99 Å². The third kappa shape index (κ3) is 4.51. The van der Waals surface area contributed by atoms with Crippen LogP contribution in [0.2, 0.25) is 5.02 Å². The van der Waals surface area contributed by atoms with Gasteiger partial charge in [0.25, 0.3) is 0 Å². The maximum atomic E-state index is 12.9. The predicted molar refractivity (Wildman–Crippen MR) is 103 cm³/mol. The molecule has 0 saturated heterocycles. The molecule has 0 fully saturated rings. The predicted octanol–water partition coefficient (Wildman–Crippen LogP) is 5.12. The van der Waals surface area contributed by atoms with Gasteiger partial charge in [0.2, 0.25) is 5.91 Å². The van der Waals surface area contributed by atoms with Crippen molar-refractivity contribution in [1.82, 2.24) is 4.57 Å². The zero-order valence-electron chi connectivity index (χ0n) is 13.5. The van der Waals surface area contributed by atoms with Crippen LogP contribution in [-0.4, -0.2) is 16.2 Å². The number of hydrogen-bond donors (Lipinski definition) is 0. The monoisotopic (exact) mass is 394 g/mol. The molecule has 0 atom stereocenters. The number of carbonyl (C=O) groups is 1. The lowest BCUT2D eigenvalue weighted by Crippen LogP contribution is -2.15. The molecule has 0 spiro atoms. The van der Waals surface area contributed by atoms with Gasteiger partial charge in [-0.2, -0.15) is 4.99 Å². The van der Waals surface area contributed by atoms with Gasteiger partial charge in [0, 0.05) is 28.6 Å². The Hall–Kier alpha value is -1.63. The summed E-state index contributed by atoms with van der Waals surface area (Å²) in [4.78, 5) is 18.1. The summed E-state index contributed by atoms with van der Waals surface area (Å²) in [5, 5.41) is 0.672. The van der Waals surface area contributed by atoms with Gasteiger partial charge < -0.3 is 4.57 Å². The van der Waals surface area contributed by atoms with Crippen LogP contribution in [-0.2, 0) is 11.3 Å². The third-order valence-electron chi connectivity index (χ3n) is 3.58. The largest absolute Gasteiger partial charge is 0.317 e. The second kappa shape index (κ2) is 8.17. The molecule has 130 valence electrons. The van der Waals surface area contributed by atoms with Gasteiger partial charge in [-0.1, -0.05) is 22.9 Å². The third-order valence-corrected chi connectivity index (χ3v) is 5.87. The molecular weight excluding hydrogens is 379 g/mol. The number of halogens is 2. The summed E-state index contributed by atoms with van der Waals surface area (Å²) in [5.41, 5.74) is 1.03. The fraction of sp³-hybridized carbons (Fsp3) is 0.222. The Labute approximate surface area is 158 Å². The number of aromatic nitrogens is 1. The fourth-order valence-corrected chi connectivity index (χ4v) is 4.62. The van der Waals surface area contributed by atoms with Crippen LogP contribution >= 0.6 is 34.7 Å². The molecule has 1 amide bonds. The van der Waals surface area contributed by atoms with Gasteiger partial charge >= 0.3 is 0 Å². The van der Waals surface area contributed by atoms with Crippen LogP contribution in [0.25, 0.3) is 10.2 Å². The van der Waals surface area contributed by atoms with E-state index < -0.39 is 0 Å². The standard InChI is InChI=1S/C18H16ClFN2OS2/c1-2-22-15-8-3-12(19)11-16(15)25-18(22)21-17(23)9-10-24-14-6-4-13(20)5-7-14/h3-8,11H,2,9-10H2,1H3. The van der Waals surface area contributed by atoms with E-state index in [0.717, 1.165) is 21.7 Å². The number of aryl methyl sites for hydroxylation is 1. The van der Waals surface area contributed by atoms with Crippen LogP contribution in [0.1, 0.15) is 13.3 Å². The van der Waals surface area contributed by atoms with Crippen LogP contribution < -0.4 is 4.80 Å². The van der Waals surface area contributed by atoms with Crippen LogP contribution in [0, 0.1) is 5.82 Å². The van der Waals surface area contributed by atoms with E-state index in [9.17, 15) is 9.18 Å². The second-order valence-corrected chi connectivity index (χ2v) is 7.91. The SMILES string of the molecule is CCn1c(=NC(=O)CCSc2ccc(F)cc2)sc2cc(Cl)ccc21. The van der Waals surface area contributed by atoms with E-state index in [-0.39, 0.29) is 11.7 Å². The van der Waals surface area contributed by atoms with Crippen molar-refractivity contribution < 1.29 is 9.18 Å². The van der Waals surface area contributed by atoms with Crippen molar-refractivity contribution in [2.75, 3.05) is 5.75 Å². The molecule has 0 aliphatic carbocycles. The average Bonchev–Trinajstić information content (AvgIpc) is 2.92. The molecule has 0 aliphatic rings. The molecule has 3 nitrogen and oxygen atoms in total. The molecule has 0 radical (unpaired) electrons. The van der Waals surface area contributed by atoms with Gasteiger partial charge in [-0.05, 0) is 49.4 Å². The number of benzene rings is 2. The fourth-order valence-electron chi connectivity index (χ4n) is 2.39. The molecule has 3 rings (SSSR count). The summed E-state index contributed by atoms with van der Waals surface area (Å²) in [6.45, 7) is 2.76. The molecule has 2 aromatic carbocycles. The van der Waals surface area contributed by atoms with Gasteiger partial charge in [0.1, 0.15) is 5.82 Å². The van der Waals surface area contributed by atoms with E-state index in [1.165, 1.54) is 35.2 Å². The summed E-state index contributed by atoms with van der Waals surface area (Å²) in [6.07, 6.45) is 0.334. The quantitative estimate of drug-likeness (QED) is 0.562. The molecule has 0 saturated carbocycles. The first kappa shape index (κ1) is 18.2. The van der Waals surface area contributed by atoms with Crippen molar-refractivity contribution in [2.45, 2.75) is 24.8 Å². The minimum Gasteiger partial charge on any atom is -0.317 e. The number of thiazole rings is 1. The molecular formula is C18H16ClFN2OS2. The van der Waals surface area contributed by atoms with Crippen molar-refractivity contribution in [1.29, 1.82) is 0 Å². The van der Waals surface area contributed by atoms with Gasteiger partial charge in [0.05, 0.1) is 10.2 Å². The first-order chi connectivity index (χ1) is 12.1. The van der Waals surface area contributed by atoms with Crippen molar-refractivity contribution in [3.8, 4) is 0 Å². The summed E-state index contributed by atoms with van der Waals surface area (Å²) in [5.74, 6) is 0.190. The smallest absolute Gasteiger partial charge is 0.249 e. The summed E-state index contributed by atoms with van der Waals surface area (Å²) < 4.78 is 15.9. The molecule has 1 heterocycles. The molecule has 0 N–H and O–H groups in total. The number of nitrogens with zero attached hydrogens (tertiary/aromatic N) is 2. The number of carbonyl (C=O) groups excluding carboxylic acids is 1. The number of thioether (sulfide) groups is 1. The Kier molecular flexibility index (Phi) is 5.93. The number of rotatable bonds is 5. The van der Waals surface area contributed by atoms with Crippen LogP contribution in [0.3, 0.4) is 0 Å². The van der Waals surface area contributed by atoms with E-state index in [4.69, 9.17) is 11.6 Å². The zero-order valence-corrected chi connectivity index (χ0v) is 15.9. The van der Waals surface area contributed by atoms with Crippen LogP contribution in [0.15, 0.2) is 52.4 Å². The van der Waals surface area contributed by atoms with E-state index in [2.05, 4.69) is 4.99 Å². The van der Waals surface area contributed by atoms with Gasteiger partial charge in [-0.15, -0.1) is 11.8 Å². The maximum absolute atomic E-state index is 12.9. The first-order valence-electron chi connectivity index (χ1n) is 7.81. The van der Waals surface area contributed by atoms with E-state index >= 15 is 0 Å². The van der Waals surface area contributed by atoms with Gasteiger partial charge in [-0.25, -0.2) is 4.39 Å². The summed E-state index contributed by atoms with van der Waals surface area (Å²) >= 11 is 9.02. The van der Waals surface area contributed by atoms with Crippen LogP contribution in [0.5, 0.6) is 0 Å². The van der Waals surface area contributed by atoms with E-state index in [0.29, 0.717) is 22.0 Å². The lowest BCUT2D eigenvalue weighted by Gasteiger charge is -2.01. The Morgan fingerprint density at radius 3 is 2.76 bits per heavy atom. The lowest BCUT2D eigenvalue weighted by atomic mass is 10.3. The number of fused-ring (bicyclic) bond motifs is 1. The minimum atomic E-state index is -0.260. The Morgan fingerprint density at radius 1 is 1.28 bits per heavy atom. The molecule has 3 aromatic rings. The zero-order chi connectivity index (χ0) is 17.8. The number of hydrogen-bond acceptors (Lipinski definition) is 3. The maximum Gasteiger partial charge on any atom is 0.249 e. The number of amides is 1. The minimum absolute atomic E-state index is 0.158. The van der Waals surface area contributed by atoms with Crippen molar-refractivity contribution in [3.05, 3.63) is 58.1 Å². The van der Waals surface area contributed by atoms with E-state index in [1.807, 2.05) is 29.7 Å². The molecule has 1 aromatic heterocycles. The van der Waals surface area contributed by atoms with Gasteiger partial charge in [-0.3, -0.25) is 4.79 Å². The first-order valence-corrected chi connectivity index (χ1v) is 9.99. The Balaban J connectivity index is 1.72. The normalized spacial score (nSPS) is 12.0. The summed E-state index contributed by atoms with van der Waals surface area (Å²) in [7, 11) is 0. The molecule has 0 aliphatic heterocycles. The highest BCUT2D eigenvalue weighted by Crippen LogP contribution is 2.22. The Morgan fingerprint density at radius 2 is 2.04 bits per heavy atom. The van der Waals surface area contributed by atoms with Crippen molar-refractivity contribution in [3.63, 3.8) is 0 Å². The second-order valence-electron chi connectivity index (χ2n) is 5.30. The van der Waals surface area contributed by atoms with E-state index in [1.54, 1.807) is 12.1 Å². The highest BCUT2D eigenvalue weighted by molar-refractivity contribution is 7.99. The highest BCUT2D eigenvalue weighted by Gasteiger charge is 2.07. The molecule has 25 heavy (non-hydrogen) atoms. The van der Waals surface area contributed by atoms with Crippen molar-refractivity contribution >= 4 is 50.8 Å². The molecule has 0 bridgehead atoms. The topological polar surface area (TPSA) is 34.4 Å². The Bertz CT molecular complexity index is 963. The van der Waals surface area contributed by atoms with Crippen LogP contribution in [0.4, 0.5) is 4.39 Å². The molecule has 0 unspecified atom stereocenters. The lowest BCUT2D eigenvalue weighted by molar-refractivity contribution is -0.117.